The van der Waals surface area contributed by atoms with Gasteiger partial charge in [-0.2, -0.15) is 0 Å². The molecule has 0 rings (SSSR count). The Balaban J connectivity index is 3.75. The van der Waals surface area contributed by atoms with E-state index >= 15 is 0 Å². The quantitative estimate of drug-likeness (QED) is 0.250. The molecule has 0 aromatic heterocycles. The van der Waals surface area contributed by atoms with Crippen LogP contribution in [0.4, 0.5) is 0 Å². The fraction of sp³-hybridized carbons (Fsp3) is 0.467. The molecule has 0 radical (unpaired) electrons. The third-order valence-corrected chi connectivity index (χ3v) is 2.25. The van der Waals surface area contributed by atoms with E-state index in [2.05, 4.69) is 19.7 Å². The Bertz CT molecular complexity index is 331. The van der Waals surface area contributed by atoms with Gasteiger partial charge in [0, 0.05) is 5.57 Å². The molecule has 0 amide bonds. The summed E-state index contributed by atoms with van der Waals surface area (Å²) in [7, 11) is 0. The van der Waals surface area contributed by atoms with Gasteiger partial charge in [-0.25, -0.2) is 4.79 Å². The number of carbonyl (C=O) groups excluding carboxylic acids is 2. The fourth-order valence-electron chi connectivity index (χ4n) is 1.21. The van der Waals surface area contributed by atoms with Crippen LogP contribution in [0.25, 0.3) is 0 Å². The molecular formula is C15H22O4. The van der Waals surface area contributed by atoms with Crippen LogP contribution in [0.15, 0.2) is 37.5 Å². The van der Waals surface area contributed by atoms with Crippen LogP contribution < -0.4 is 0 Å². The van der Waals surface area contributed by atoms with Crippen molar-refractivity contribution in [1.82, 2.24) is 0 Å². The topological polar surface area (TPSA) is 52.6 Å². The number of unbranched alkanes of at least 4 members (excludes halogenated alkanes) is 2. The number of carbonyl (C=O) groups is 2. The van der Waals surface area contributed by atoms with Gasteiger partial charge in [-0.1, -0.05) is 18.7 Å². The smallest absolute Gasteiger partial charge is 0.333 e. The van der Waals surface area contributed by atoms with Crippen LogP contribution in [0.1, 0.15) is 32.1 Å². The summed E-state index contributed by atoms with van der Waals surface area (Å²) in [6.45, 7) is 11.3. The minimum absolute atomic E-state index is 0.118. The van der Waals surface area contributed by atoms with Gasteiger partial charge in [0.25, 0.3) is 0 Å². The summed E-state index contributed by atoms with van der Waals surface area (Å²) in [6.07, 6.45) is 6.40. The lowest BCUT2D eigenvalue weighted by atomic mass is 10.2. The molecule has 0 fully saturated rings. The van der Waals surface area contributed by atoms with Crippen LogP contribution >= 0.6 is 0 Å². The third kappa shape index (κ3) is 9.83. The molecule has 0 unspecified atom stereocenters. The summed E-state index contributed by atoms with van der Waals surface area (Å²) in [6, 6.07) is 0. The van der Waals surface area contributed by atoms with Crippen molar-refractivity contribution in [2.24, 2.45) is 0 Å². The van der Waals surface area contributed by atoms with Gasteiger partial charge in [-0.3, -0.25) is 4.79 Å². The number of hydrogen-bond acceptors (Lipinski definition) is 4. The van der Waals surface area contributed by atoms with Crippen LogP contribution in [-0.4, -0.2) is 25.2 Å². The van der Waals surface area contributed by atoms with Crippen molar-refractivity contribution in [3.05, 3.63) is 37.5 Å². The van der Waals surface area contributed by atoms with Crippen LogP contribution in [-0.2, 0) is 19.1 Å². The maximum Gasteiger partial charge on any atom is 0.333 e. The Labute approximate surface area is 114 Å². The molecular weight excluding hydrogens is 244 g/mol. The van der Waals surface area contributed by atoms with E-state index in [1.54, 1.807) is 12.2 Å². The molecule has 0 aliphatic rings. The van der Waals surface area contributed by atoms with Crippen LogP contribution in [0.2, 0.25) is 0 Å². The fourth-order valence-corrected chi connectivity index (χ4v) is 1.21. The summed E-state index contributed by atoms with van der Waals surface area (Å²) in [4.78, 5) is 22.8. The zero-order valence-corrected chi connectivity index (χ0v) is 11.4. The van der Waals surface area contributed by atoms with E-state index in [0.717, 1.165) is 19.3 Å². The summed E-state index contributed by atoms with van der Waals surface area (Å²) < 4.78 is 9.88. The highest BCUT2D eigenvalue weighted by Gasteiger charge is 2.13. The molecule has 0 atom stereocenters. The number of hydrogen-bond donors (Lipinski definition) is 0. The van der Waals surface area contributed by atoms with Crippen molar-refractivity contribution in [2.75, 3.05) is 13.2 Å². The first kappa shape index (κ1) is 17.2. The van der Waals surface area contributed by atoms with E-state index in [1.165, 1.54) is 0 Å². The average molecular weight is 266 g/mol. The van der Waals surface area contributed by atoms with Crippen LogP contribution in [0, 0.1) is 0 Å². The van der Waals surface area contributed by atoms with Gasteiger partial charge in [0.05, 0.1) is 19.6 Å². The highest BCUT2D eigenvalue weighted by Crippen LogP contribution is 2.05. The largest absolute Gasteiger partial charge is 0.465 e. The van der Waals surface area contributed by atoms with Crippen LogP contribution in [0.5, 0.6) is 0 Å². The normalized spacial score (nSPS) is 9.47. The van der Waals surface area contributed by atoms with Gasteiger partial charge in [0.2, 0.25) is 0 Å². The van der Waals surface area contributed by atoms with Crippen molar-refractivity contribution in [2.45, 2.75) is 32.1 Å². The lowest BCUT2D eigenvalue weighted by molar-refractivity contribution is -0.146. The number of rotatable bonds is 11. The molecule has 19 heavy (non-hydrogen) atoms. The second-order valence-corrected chi connectivity index (χ2v) is 4.00. The van der Waals surface area contributed by atoms with E-state index in [1.807, 2.05) is 0 Å². The Morgan fingerprint density at radius 3 is 2.00 bits per heavy atom. The maximum absolute atomic E-state index is 11.4. The first-order chi connectivity index (χ1) is 9.11. The summed E-state index contributed by atoms with van der Waals surface area (Å²) in [5, 5.41) is 0. The Kier molecular flexibility index (Phi) is 10.2. The number of allylic oxidation sites excluding steroid dienone is 2. The zero-order chi connectivity index (χ0) is 14.5. The summed E-state index contributed by atoms with van der Waals surface area (Å²) >= 11 is 0. The van der Waals surface area contributed by atoms with Crippen molar-refractivity contribution in [1.29, 1.82) is 0 Å². The van der Waals surface area contributed by atoms with Crippen molar-refractivity contribution in [3.63, 3.8) is 0 Å². The van der Waals surface area contributed by atoms with Gasteiger partial charge in [0.15, 0.2) is 0 Å². The Hall–Kier alpha value is -1.84. The number of esters is 2. The molecule has 4 nitrogen and oxygen atoms in total. The number of ether oxygens (including phenoxy) is 2. The first-order valence-corrected chi connectivity index (χ1v) is 6.34. The Morgan fingerprint density at radius 1 is 0.947 bits per heavy atom. The van der Waals surface area contributed by atoms with Gasteiger partial charge >= 0.3 is 11.9 Å². The lowest BCUT2D eigenvalue weighted by Crippen LogP contribution is -2.14. The molecule has 0 spiro atoms. The van der Waals surface area contributed by atoms with Crippen LogP contribution in [0.3, 0.4) is 0 Å². The van der Waals surface area contributed by atoms with Crippen molar-refractivity contribution < 1.29 is 19.1 Å². The maximum atomic E-state index is 11.4. The van der Waals surface area contributed by atoms with Crippen molar-refractivity contribution in [3.8, 4) is 0 Å². The monoisotopic (exact) mass is 266 g/mol. The third-order valence-electron chi connectivity index (χ3n) is 2.25. The van der Waals surface area contributed by atoms with Gasteiger partial charge in [-0.15, -0.1) is 13.2 Å². The van der Waals surface area contributed by atoms with Crippen molar-refractivity contribution >= 4 is 11.9 Å². The lowest BCUT2D eigenvalue weighted by Gasteiger charge is -2.07. The standard InChI is InChI=1S/C15H22O4/c1-4-6-8-10-18-14(16)12-13(3)15(17)19-11-9-7-5-2/h4-5H,1-3,6-12H2. The molecule has 0 saturated heterocycles. The molecule has 0 heterocycles. The van der Waals surface area contributed by atoms with E-state index in [4.69, 9.17) is 9.47 Å². The minimum atomic E-state index is -0.549. The van der Waals surface area contributed by atoms with E-state index in [0.29, 0.717) is 19.6 Å². The zero-order valence-electron chi connectivity index (χ0n) is 11.4. The molecule has 0 saturated carbocycles. The second-order valence-electron chi connectivity index (χ2n) is 4.00. The summed E-state index contributed by atoms with van der Waals surface area (Å²) in [5.74, 6) is -1.01. The van der Waals surface area contributed by atoms with E-state index in [-0.39, 0.29) is 12.0 Å². The average Bonchev–Trinajstić information content (AvgIpc) is 2.39. The molecule has 0 bridgehead atoms. The predicted octanol–water partition coefficient (Wildman–Crippen LogP) is 2.95. The minimum Gasteiger partial charge on any atom is -0.465 e. The predicted molar refractivity (Wildman–Crippen MR) is 74.5 cm³/mol. The molecule has 106 valence electrons. The molecule has 0 aliphatic heterocycles. The summed E-state index contributed by atoms with van der Waals surface area (Å²) in [5.41, 5.74) is 0.118. The highest BCUT2D eigenvalue weighted by molar-refractivity contribution is 5.93. The molecule has 0 aromatic carbocycles. The molecule has 4 heteroatoms. The second kappa shape index (κ2) is 11.3. The van der Waals surface area contributed by atoms with E-state index < -0.39 is 11.9 Å². The Morgan fingerprint density at radius 2 is 1.47 bits per heavy atom. The SMILES string of the molecule is C=CCCCOC(=O)CC(=C)C(=O)OCCCC=C. The van der Waals surface area contributed by atoms with E-state index in [9.17, 15) is 9.59 Å². The molecule has 0 N–H and O–H groups in total. The first-order valence-electron chi connectivity index (χ1n) is 6.34. The van der Waals surface area contributed by atoms with Gasteiger partial charge in [0.1, 0.15) is 0 Å². The van der Waals surface area contributed by atoms with Gasteiger partial charge in [-0.05, 0) is 25.7 Å². The molecule has 0 aromatic rings. The highest BCUT2D eigenvalue weighted by atomic mass is 16.5. The van der Waals surface area contributed by atoms with Gasteiger partial charge < -0.3 is 9.47 Å². The molecule has 0 aliphatic carbocycles.